The summed E-state index contributed by atoms with van der Waals surface area (Å²) in [6, 6.07) is 23.9. The summed E-state index contributed by atoms with van der Waals surface area (Å²) in [6.07, 6.45) is 2.43. The number of ether oxygens (including phenoxy) is 1. The van der Waals surface area contributed by atoms with E-state index in [0.29, 0.717) is 6.04 Å². The Hall–Kier alpha value is -2.49. The fourth-order valence-electron chi connectivity index (χ4n) is 3.65. The molecule has 3 aromatic carbocycles. The highest BCUT2D eigenvalue weighted by molar-refractivity contribution is 6.30. The highest BCUT2D eigenvalue weighted by atomic mass is 35.5. The monoisotopic (exact) mass is 496 g/mol. The highest BCUT2D eigenvalue weighted by Crippen LogP contribution is 2.25. The van der Waals surface area contributed by atoms with E-state index in [1.54, 1.807) is 0 Å². The van der Waals surface area contributed by atoms with Crippen molar-refractivity contribution in [2.24, 2.45) is 0 Å². The fraction of sp³-hybridized carbons (Fsp3) is 0.419. The summed E-state index contributed by atoms with van der Waals surface area (Å²) < 4.78 is 4.85. The molecule has 0 saturated carbocycles. The van der Waals surface area contributed by atoms with Crippen molar-refractivity contribution < 1.29 is 4.74 Å². The molecule has 0 bridgehead atoms. The maximum Gasteiger partial charge on any atom is 0.0857 e. The molecule has 1 heterocycles. The Balaban J connectivity index is 0.000000476. The average molecular weight is 497 g/mol. The van der Waals surface area contributed by atoms with Gasteiger partial charge in [-0.1, -0.05) is 94.8 Å². The molecule has 0 aromatic heterocycles. The van der Waals surface area contributed by atoms with Gasteiger partial charge in [-0.15, -0.1) is 0 Å². The molecule has 3 nitrogen and oxygen atoms in total. The van der Waals surface area contributed by atoms with Gasteiger partial charge in [-0.2, -0.15) is 0 Å². The minimum atomic E-state index is 0.534. The number of fused-ring (bicyclic) bond motifs is 1. The van der Waals surface area contributed by atoms with E-state index in [9.17, 15) is 0 Å². The van der Waals surface area contributed by atoms with Crippen molar-refractivity contribution in [2.75, 3.05) is 24.6 Å². The van der Waals surface area contributed by atoms with Crippen molar-refractivity contribution in [1.29, 1.82) is 0 Å². The third kappa shape index (κ3) is 11.7. The first-order valence-corrected chi connectivity index (χ1v) is 13.3. The van der Waals surface area contributed by atoms with Crippen LogP contribution < -0.4 is 10.2 Å². The molecule has 1 N–H and O–H groups in total. The van der Waals surface area contributed by atoms with E-state index in [0.717, 1.165) is 37.0 Å². The molecule has 1 unspecified atom stereocenters. The topological polar surface area (TPSA) is 24.5 Å². The Morgan fingerprint density at radius 2 is 1.63 bits per heavy atom. The summed E-state index contributed by atoms with van der Waals surface area (Å²) >= 11 is 5.94. The number of halogens is 1. The van der Waals surface area contributed by atoms with Crippen molar-refractivity contribution in [3.63, 3.8) is 0 Å². The van der Waals surface area contributed by atoms with Gasteiger partial charge in [0.1, 0.15) is 0 Å². The first kappa shape index (κ1) is 30.5. The van der Waals surface area contributed by atoms with Crippen LogP contribution >= 0.6 is 11.6 Å². The molecule has 0 aliphatic carbocycles. The zero-order valence-electron chi connectivity index (χ0n) is 22.6. The molecule has 3 aromatic rings. The Morgan fingerprint density at radius 1 is 1.00 bits per heavy atom. The molecule has 1 aliphatic rings. The molecule has 0 radical (unpaired) electrons. The fourth-order valence-corrected chi connectivity index (χ4v) is 3.77. The third-order valence-electron chi connectivity index (χ3n) is 5.19. The van der Waals surface area contributed by atoms with Crippen LogP contribution in [0.4, 0.5) is 5.69 Å². The van der Waals surface area contributed by atoms with Crippen LogP contribution in [0, 0.1) is 0 Å². The average Bonchev–Trinajstić information content (AvgIpc) is 3.35. The second-order valence-electron chi connectivity index (χ2n) is 8.31. The summed E-state index contributed by atoms with van der Waals surface area (Å²) in [5.41, 5.74) is 2.60. The predicted octanol–water partition coefficient (Wildman–Crippen LogP) is 8.86. The van der Waals surface area contributed by atoms with Crippen LogP contribution in [0.5, 0.6) is 0 Å². The number of hydrogen-bond acceptors (Lipinski definition) is 3. The number of anilines is 1. The first-order chi connectivity index (χ1) is 17.0. The van der Waals surface area contributed by atoms with E-state index in [-0.39, 0.29) is 0 Å². The molecular formula is C31H45ClN2O. The van der Waals surface area contributed by atoms with Crippen LogP contribution in [0.15, 0.2) is 79.1 Å². The number of rotatable bonds is 6. The highest BCUT2D eigenvalue weighted by Gasteiger charge is 2.22. The zero-order chi connectivity index (χ0) is 26.1. The minimum Gasteiger partial charge on any atom is -0.499 e. The van der Waals surface area contributed by atoms with Gasteiger partial charge >= 0.3 is 0 Å². The molecule has 1 fully saturated rings. The van der Waals surface area contributed by atoms with Gasteiger partial charge in [-0.05, 0) is 60.9 Å². The van der Waals surface area contributed by atoms with Crippen molar-refractivity contribution in [3.8, 4) is 0 Å². The number of hydrogen-bond donors (Lipinski definition) is 1. The van der Waals surface area contributed by atoms with Gasteiger partial charge < -0.3 is 15.0 Å². The smallest absolute Gasteiger partial charge is 0.0857 e. The van der Waals surface area contributed by atoms with Gasteiger partial charge in [-0.3, -0.25) is 0 Å². The number of allylic oxidation sites excluding steroid dienone is 1. The SMILES string of the molecule is C=C(C)OCC.CC.CCC.Clc1ccc(CNC2CCN(c3ccc4ccccc4c3)C2)cc1. The lowest BCUT2D eigenvalue weighted by atomic mass is 10.1. The molecule has 4 heteroatoms. The van der Waals surface area contributed by atoms with Crippen molar-refractivity contribution in [1.82, 2.24) is 5.32 Å². The van der Waals surface area contributed by atoms with Gasteiger partial charge in [0.15, 0.2) is 0 Å². The zero-order valence-corrected chi connectivity index (χ0v) is 23.4. The molecule has 1 aliphatic heterocycles. The minimum absolute atomic E-state index is 0.534. The standard InChI is InChI=1S/C21H21ClN2.C5H10O.C3H8.C2H6/c22-19-8-5-16(6-9-19)14-23-20-11-12-24(15-20)21-10-7-17-3-1-2-4-18(17)13-21;1-4-6-5(2)3;1-3-2;1-2/h1-10,13,20,23H,11-12,14-15H2;2,4H2,1,3H3;3H2,1-2H3;1-2H3. The third-order valence-corrected chi connectivity index (χ3v) is 5.44. The predicted molar refractivity (Wildman–Crippen MR) is 157 cm³/mol. The molecule has 1 atom stereocenters. The Bertz CT molecular complexity index is 971. The second kappa shape index (κ2) is 17.9. The lowest BCUT2D eigenvalue weighted by Gasteiger charge is -2.20. The lowest BCUT2D eigenvalue weighted by molar-refractivity contribution is 0.233. The van der Waals surface area contributed by atoms with Crippen LogP contribution in [0.25, 0.3) is 10.8 Å². The Labute approximate surface area is 219 Å². The van der Waals surface area contributed by atoms with Crippen LogP contribution in [0.2, 0.25) is 5.02 Å². The quantitative estimate of drug-likeness (QED) is 0.345. The van der Waals surface area contributed by atoms with Gasteiger partial charge in [0.05, 0.1) is 12.4 Å². The van der Waals surface area contributed by atoms with Crippen LogP contribution in [0.3, 0.4) is 0 Å². The molecule has 1 saturated heterocycles. The Morgan fingerprint density at radius 3 is 2.20 bits per heavy atom. The van der Waals surface area contributed by atoms with Crippen LogP contribution in [0.1, 0.15) is 59.9 Å². The molecule has 35 heavy (non-hydrogen) atoms. The second-order valence-corrected chi connectivity index (χ2v) is 8.75. The number of benzene rings is 3. The first-order valence-electron chi connectivity index (χ1n) is 13.0. The van der Waals surface area contributed by atoms with Crippen molar-refractivity contribution in [3.05, 3.63) is 89.7 Å². The lowest BCUT2D eigenvalue weighted by Crippen LogP contribution is -2.32. The van der Waals surface area contributed by atoms with Gasteiger partial charge in [0.25, 0.3) is 0 Å². The van der Waals surface area contributed by atoms with Gasteiger partial charge in [0.2, 0.25) is 0 Å². The number of nitrogens with one attached hydrogen (secondary N) is 1. The normalized spacial score (nSPS) is 14.0. The summed E-state index contributed by atoms with van der Waals surface area (Å²) in [5, 5.41) is 7.08. The van der Waals surface area contributed by atoms with E-state index in [1.165, 1.54) is 34.9 Å². The Kier molecular flexibility index (Phi) is 15.6. The van der Waals surface area contributed by atoms with Gasteiger partial charge in [0, 0.05) is 36.4 Å². The number of nitrogens with zero attached hydrogens (tertiary/aromatic N) is 1. The maximum absolute atomic E-state index is 5.94. The molecular weight excluding hydrogens is 452 g/mol. The summed E-state index contributed by atoms with van der Waals surface area (Å²) in [6.45, 7) is 19.3. The van der Waals surface area contributed by atoms with Crippen LogP contribution in [-0.2, 0) is 11.3 Å². The van der Waals surface area contributed by atoms with E-state index in [4.69, 9.17) is 16.3 Å². The van der Waals surface area contributed by atoms with Crippen LogP contribution in [-0.4, -0.2) is 25.7 Å². The van der Waals surface area contributed by atoms with Crippen molar-refractivity contribution in [2.45, 2.75) is 67.0 Å². The largest absolute Gasteiger partial charge is 0.499 e. The van der Waals surface area contributed by atoms with E-state index in [2.05, 4.69) is 85.2 Å². The van der Waals surface area contributed by atoms with E-state index < -0.39 is 0 Å². The molecule has 0 spiro atoms. The summed E-state index contributed by atoms with van der Waals surface area (Å²) in [4.78, 5) is 2.48. The van der Waals surface area contributed by atoms with E-state index >= 15 is 0 Å². The summed E-state index contributed by atoms with van der Waals surface area (Å²) in [5.74, 6) is 0.789. The molecule has 192 valence electrons. The summed E-state index contributed by atoms with van der Waals surface area (Å²) in [7, 11) is 0. The molecule has 0 amide bonds. The van der Waals surface area contributed by atoms with E-state index in [1.807, 2.05) is 39.8 Å². The van der Waals surface area contributed by atoms with Gasteiger partial charge in [-0.25, -0.2) is 0 Å². The molecule has 4 rings (SSSR count). The van der Waals surface area contributed by atoms with Crippen molar-refractivity contribution >= 4 is 28.1 Å². The maximum atomic E-state index is 5.94.